The summed E-state index contributed by atoms with van der Waals surface area (Å²) in [7, 11) is 0. The van der Waals surface area contributed by atoms with Crippen LogP contribution in [0, 0.1) is 6.92 Å². The first-order valence-corrected chi connectivity index (χ1v) is 11.0. The number of carbonyl (C=O) groups is 3. The minimum absolute atomic E-state index is 0.0822. The van der Waals surface area contributed by atoms with Crippen LogP contribution in [0.5, 0.6) is 0 Å². The van der Waals surface area contributed by atoms with Gasteiger partial charge < -0.3 is 15.7 Å². The third-order valence-corrected chi connectivity index (χ3v) is 5.88. The fraction of sp³-hybridized carbons (Fsp3) is 0.160. The van der Waals surface area contributed by atoms with Gasteiger partial charge in [-0.25, -0.2) is 0 Å². The maximum atomic E-state index is 13.1. The minimum atomic E-state index is -1.01. The van der Waals surface area contributed by atoms with Crippen molar-refractivity contribution in [2.75, 3.05) is 10.6 Å². The Labute approximate surface area is 191 Å². The average Bonchev–Trinajstić information content (AvgIpc) is 2.79. The quantitative estimate of drug-likeness (QED) is 0.388. The molecule has 0 aliphatic heterocycles. The summed E-state index contributed by atoms with van der Waals surface area (Å²) in [6.45, 7) is 1.99. The Morgan fingerprint density at radius 1 is 0.812 bits per heavy atom. The van der Waals surface area contributed by atoms with Gasteiger partial charge >= 0.3 is 5.97 Å². The summed E-state index contributed by atoms with van der Waals surface area (Å²) in [5.41, 5.74) is 3.31. The molecule has 32 heavy (non-hydrogen) atoms. The van der Waals surface area contributed by atoms with Crippen molar-refractivity contribution >= 4 is 40.9 Å². The van der Waals surface area contributed by atoms with Gasteiger partial charge in [0.15, 0.2) is 0 Å². The van der Waals surface area contributed by atoms with E-state index in [1.165, 1.54) is 11.8 Å². The fourth-order valence-corrected chi connectivity index (χ4v) is 3.97. The first-order chi connectivity index (χ1) is 15.4. The lowest BCUT2D eigenvalue weighted by Gasteiger charge is -2.17. The van der Waals surface area contributed by atoms with Crippen molar-refractivity contribution in [3.8, 4) is 0 Å². The maximum Gasteiger partial charge on any atom is 0.303 e. The van der Waals surface area contributed by atoms with Crippen molar-refractivity contribution in [3.63, 3.8) is 0 Å². The van der Waals surface area contributed by atoms with Gasteiger partial charge in [-0.2, -0.15) is 0 Å². The van der Waals surface area contributed by atoms with Crippen LogP contribution < -0.4 is 10.6 Å². The molecule has 2 amide bonds. The van der Waals surface area contributed by atoms with E-state index in [2.05, 4.69) is 10.6 Å². The molecule has 0 fully saturated rings. The molecule has 7 heteroatoms. The Morgan fingerprint density at radius 3 is 2.03 bits per heavy atom. The van der Waals surface area contributed by atoms with E-state index < -0.39 is 11.2 Å². The first kappa shape index (κ1) is 23.1. The second-order valence-corrected chi connectivity index (χ2v) is 8.41. The minimum Gasteiger partial charge on any atom is -0.481 e. The Morgan fingerprint density at radius 2 is 1.41 bits per heavy atom. The van der Waals surface area contributed by atoms with E-state index in [-0.39, 0.29) is 24.7 Å². The molecule has 1 unspecified atom stereocenters. The molecule has 1 atom stereocenters. The highest BCUT2D eigenvalue weighted by Gasteiger charge is 2.22. The van der Waals surface area contributed by atoms with Crippen molar-refractivity contribution in [2.24, 2.45) is 0 Å². The number of benzene rings is 3. The number of aryl methyl sites for hydroxylation is 1. The van der Waals surface area contributed by atoms with Crippen molar-refractivity contribution in [2.45, 2.75) is 29.9 Å². The summed E-state index contributed by atoms with van der Waals surface area (Å²) >= 11 is 1.41. The lowest BCUT2D eigenvalue weighted by molar-refractivity contribution is -0.138. The van der Waals surface area contributed by atoms with Crippen LogP contribution in [0.1, 0.15) is 29.2 Å². The molecule has 0 radical (unpaired) electrons. The van der Waals surface area contributed by atoms with Crippen molar-refractivity contribution in [1.29, 1.82) is 0 Å². The summed E-state index contributed by atoms with van der Waals surface area (Å²) in [5.74, 6) is -1.49. The average molecular weight is 449 g/mol. The number of carboxylic acids is 1. The highest BCUT2D eigenvalue weighted by Crippen LogP contribution is 2.36. The molecular formula is C25H24N2O4S. The van der Waals surface area contributed by atoms with Crippen LogP contribution in [0.4, 0.5) is 11.4 Å². The number of carboxylic acid groups (broad SMARTS) is 1. The van der Waals surface area contributed by atoms with E-state index in [1.54, 1.807) is 12.1 Å². The number of hydrogen-bond donors (Lipinski definition) is 3. The van der Waals surface area contributed by atoms with Gasteiger partial charge in [0, 0.05) is 22.7 Å². The number of carbonyl (C=O) groups excluding carboxylic acids is 2. The number of amides is 2. The van der Waals surface area contributed by atoms with E-state index in [1.807, 2.05) is 73.7 Å². The first-order valence-electron chi connectivity index (χ1n) is 10.1. The molecule has 3 rings (SSSR count). The number of thioether (sulfide) groups is 1. The summed E-state index contributed by atoms with van der Waals surface area (Å²) in [5, 5.41) is 13.9. The fourth-order valence-electron chi connectivity index (χ4n) is 2.94. The molecule has 3 aromatic carbocycles. The van der Waals surface area contributed by atoms with Crippen LogP contribution in [0.25, 0.3) is 0 Å². The van der Waals surface area contributed by atoms with Crippen LogP contribution in [-0.2, 0) is 14.4 Å². The third-order valence-electron chi connectivity index (χ3n) is 4.62. The molecule has 3 N–H and O–H groups in total. The number of aliphatic carboxylic acids is 1. The predicted octanol–water partition coefficient (Wildman–Crippen LogP) is 5.27. The van der Waals surface area contributed by atoms with Gasteiger partial charge in [0.1, 0.15) is 5.25 Å². The third kappa shape index (κ3) is 6.99. The van der Waals surface area contributed by atoms with Gasteiger partial charge in [-0.05, 0) is 48.9 Å². The number of hydrogen-bond acceptors (Lipinski definition) is 4. The molecule has 0 aliphatic carbocycles. The summed E-state index contributed by atoms with van der Waals surface area (Å²) < 4.78 is 0. The van der Waals surface area contributed by atoms with Crippen LogP contribution in [0.3, 0.4) is 0 Å². The lowest BCUT2D eigenvalue weighted by Crippen LogP contribution is -2.19. The topological polar surface area (TPSA) is 95.5 Å². The van der Waals surface area contributed by atoms with Gasteiger partial charge in [-0.15, -0.1) is 11.8 Å². The Balaban J connectivity index is 1.70. The van der Waals surface area contributed by atoms with Gasteiger partial charge in [0.25, 0.3) is 0 Å². The molecular weight excluding hydrogens is 424 g/mol. The molecule has 0 bridgehead atoms. The van der Waals surface area contributed by atoms with Crippen molar-refractivity contribution in [1.82, 2.24) is 0 Å². The Bertz CT molecular complexity index is 1070. The predicted molar refractivity (Wildman–Crippen MR) is 127 cm³/mol. The molecule has 3 aromatic rings. The zero-order valence-corrected chi connectivity index (χ0v) is 18.4. The van der Waals surface area contributed by atoms with Gasteiger partial charge in [0.05, 0.1) is 6.42 Å². The van der Waals surface area contributed by atoms with E-state index in [0.717, 1.165) is 21.7 Å². The monoisotopic (exact) mass is 448 g/mol. The van der Waals surface area contributed by atoms with Crippen LogP contribution >= 0.6 is 11.8 Å². The SMILES string of the molecule is Cc1ccc(NC(=O)C(Sc2ccc(NC(=O)CCC(=O)O)cc2)c2ccccc2)cc1. The standard InChI is InChI=1S/C25H24N2O4S/c1-17-7-9-20(10-8-17)27-25(31)24(18-5-3-2-4-6-18)32-21-13-11-19(12-14-21)26-22(28)15-16-23(29)30/h2-14,24H,15-16H2,1H3,(H,26,28)(H,27,31)(H,29,30). The zero-order chi connectivity index (χ0) is 22.9. The summed E-state index contributed by atoms with van der Waals surface area (Å²) in [6, 6.07) is 24.3. The molecule has 164 valence electrons. The Kier molecular flexibility index (Phi) is 8.05. The number of anilines is 2. The van der Waals surface area contributed by atoms with Gasteiger partial charge in [-0.3, -0.25) is 14.4 Å². The van der Waals surface area contributed by atoms with E-state index >= 15 is 0 Å². The molecule has 0 aromatic heterocycles. The summed E-state index contributed by atoms with van der Waals surface area (Å²) in [4.78, 5) is 36.4. The maximum absolute atomic E-state index is 13.1. The second-order valence-electron chi connectivity index (χ2n) is 7.23. The molecule has 0 saturated carbocycles. The largest absolute Gasteiger partial charge is 0.481 e. The molecule has 0 aliphatic rings. The highest BCUT2D eigenvalue weighted by molar-refractivity contribution is 8.00. The lowest BCUT2D eigenvalue weighted by atomic mass is 10.1. The van der Waals surface area contributed by atoms with E-state index in [4.69, 9.17) is 5.11 Å². The van der Waals surface area contributed by atoms with Crippen LogP contribution in [-0.4, -0.2) is 22.9 Å². The zero-order valence-electron chi connectivity index (χ0n) is 17.6. The number of nitrogens with one attached hydrogen (secondary N) is 2. The molecule has 0 heterocycles. The molecule has 6 nitrogen and oxygen atoms in total. The van der Waals surface area contributed by atoms with E-state index in [9.17, 15) is 14.4 Å². The highest BCUT2D eigenvalue weighted by atomic mass is 32.2. The normalized spacial score (nSPS) is 11.4. The van der Waals surface area contributed by atoms with Crippen molar-refractivity contribution in [3.05, 3.63) is 90.0 Å². The van der Waals surface area contributed by atoms with Gasteiger partial charge in [-0.1, -0.05) is 48.0 Å². The molecule has 0 spiro atoms. The van der Waals surface area contributed by atoms with Crippen LogP contribution in [0.2, 0.25) is 0 Å². The van der Waals surface area contributed by atoms with Gasteiger partial charge in [0.2, 0.25) is 11.8 Å². The second kappa shape index (κ2) is 11.2. The van der Waals surface area contributed by atoms with Crippen molar-refractivity contribution < 1.29 is 19.5 Å². The number of rotatable bonds is 9. The van der Waals surface area contributed by atoms with E-state index in [0.29, 0.717) is 5.69 Å². The Hall–Kier alpha value is -3.58. The van der Waals surface area contributed by atoms with Crippen LogP contribution in [0.15, 0.2) is 83.8 Å². The summed E-state index contributed by atoms with van der Waals surface area (Å²) in [6.07, 6.45) is -0.296. The smallest absolute Gasteiger partial charge is 0.303 e. The molecule has 0 saturated heterocycles.